The van der Waals surface area contributed by atoms with E-state index in [1.165, 1.54) is 89.9 Å². The minimum Gasteiger partial charge on any atom is -0.550 e. The number of hydrogen-bond donors (Lipinski definition) is 2. The van der Waals surface area contributed by atoms with Crippen LogP contribution in [0.4, 0.5) is 0 Å². The summed E-state index contributed by atoms with van der Waals surface area (Å²) < 4.78 is 0.531. The Morgan fingerprint density at radius 3 is 1.33 bits per heavy atom. The van der Waals surface area contributed by atoms with E-state index in [1.54, 1.807) is 0 Å². The number of carboxylic acids is 3. The second-order valence-electron chi connectivity index (χ2n) is 11.4. The zero-order valence-electron chi connectivity index (χ0n) is 25.0. The van der Waals surface area contributed by atoms with Gasteiger partial charge in [-0.25, -0.2) is 0 Å². The van der Waals surface area contributed by atoms with Crippen LogP contribution in [-0.2, 0) is 14.4 Å². The summed E-state index contributed by atoms with van der Waals surface area (Å²) in [5.74, 6) is -2.79. The minimum absolute atomic E-state index is 0.0410. The van der Waals surface area contributed by atoms with E-state index in [9.17, 15) is 19.5 Å². The molecule has 0 bridgehead atoms. The number of carbonyl (C=O) groups excluding carboxylic acids is 1. The molecule has 0 unspecified atom stereocenters. The van der Waals surface area contributed by atoms with Crippen molar-refractivity contribution in [2.45, 2.75) is 148 Å². The highest BCUT2D eigenvalue weighted by atomic mass is 16.4. The van der Waals surface area contributed by atoms with Gasteiger partial charge in [0.1, 0.15) is 0 Å². The highest BCUT2D eigenvalue weighted by Gasteiger charge is 2.26. The molecule has 7 heteroatoms. The third kappa shape index (κ3) is 26.1. The Hall–Kier alpha value is -1.89. The first-order chi connectivity index (χ1) is 18.8. The molecule has 7 nitrogen and oxygen atoms in total. The van der Waals surface area contributed by atoms with E-state index >= 15 is 0 Å². The summed E-state index contributed by atoms with van der Waals surface area (Å²) in [6.07, 6.45) is 27.0. The third-order valence-electron chi connectivity index (χ3n) is 7.69. The van der Waals surface area contributed by atoms with Gasteiger partial charge in [0.2, 0.25) is 0 Å². The van der Waals surface area contributed by atoms with Crippen LogP contribution in [0.2, 0.25) is 0 Å². The largest absolute Gasteiger partial charge is 0.550 e. The molecule has 2 N–H and O–H groups in total. The molecule has 0 aliphatic carbocycles. The van der Waals surface area contributed by atoms with Crippen molar-refractivity contribution in [2.24, 2.45) is 0 Å². The Kier molecular flexibility index (Phi) is 25.1. The van der Waals surface area contributed by atoms with Gasteiger partial charge in [0.15, 0.2) is 0 Å². The second-order valence-corrected chi connectivity index (χ2v) is 11.4. The quantitative estimate of drug-likeness (QED) is 0.0569. The fourth-order valence-electron chi connectivity index (χ4n) is 5.35. The number of rotatable bonds is 30. The van der Waals surface area contributed by atoms with Crippen molar-refractivity contribution >= 4 is 17.9 Å². The molecule has 0 heterocycles. The Bertz CT molecular complexity index is 598. The van der Waals surface area contributed by atoms with E-state index in [4.69, 9.17) is 10.2 Å². The van der Waals surface area contributed by atoms with Gasteiger partial charge in [-0.05, 0) is 25.3 Å². The third-order valence-corrected chi connectivity index (χ3v) is 7.69. The standard InChI is InChI=1S/C32H59NO6/c1-2-3-4-5-6-7-8-9-10-11-12-13-14-15-16-17-18-19-26-33(27-20-23-30(34)35,28-21-24-31(36)37)29-22-25-32(38)39/h18-19H,2-17,20-29H2,1H3,(H2-,34,35,36,37,38,39)/b19-18+. The molecule has 0 aliphatic rings. The van der Waals surface area contributed by atoms with Gasteiger partial charge >= 0.3 is 11.9 Å². The average molecular weight is 554 g/mol. The van der Waals surface area contributed by atoms with E-state index in [-0.39, 0.29) is 19.3 Å². The van der Waals surface area contributed by atoms with Crippen molar-refractivity contribution in [2.75, 3.05) is 26.2 Å². The Balaban J connectivity index is 4.24. The molecule has 0 amide bonds. The van der Waals surface area contributed by atoms with Crippen LogP contribution < -0.4 is 5.11 Å². The summed E-state index contributed by atoms with van der Waals surface area (Å²) in [5.41, 5.74) is 0. The molecule has 0 saturated carbocycles. The van der Waals surface area contributed by atoms with Crippen molar-refractivity contribution in [3.63, 3.8) is 0 Å². The molecule has 0 aromatic carbocycles. The number of allylic oxidation sites excluding steroid dienone is 1. The number of aliphatic carboxylic acids is 3. The lowest BCUT2D eigenvalue weighted by atomic mass is 10.0. The minimum atomic E-state index is -1.09. The zero-order valence-corrected chi connectivity index (χ0v) is 25.0. The molecule has 0 rings (SSSR count). The van der Waals surface area contributed by atoms with Crippen LogP contribution in [0, 0.1) is 0 Å². The molecule has 0 radical (unpaired) electrons. The molecule has 228 valence electrons. The summed E-state index contributed by atoms with van der Waals surface area (Å²) in [6.45, 7) is 4.72. The first-order valence-electron chi connectivity index (χ1n) is 15.9. The number of carboxylic acid groups (broad SMARTS) is 3. The maximum Gasteiger partial charge on any atom is 0.303 e. The van der Waals surface area contributed by atoms with Crippen molar-refractivity contribution in [3.05, 3.63) is 12.2 Å². The Labute approximate surface area is 238 Å². The molecule has 0 spiro atoms. The maximum absolute atomic E-state index is 11.0. The van der Waals surface area contributed by atoms with Crippen LogP contribution in [-0.4, -0.2) is 58.8 Å². The van der Waals surface area contributed by atoms with Gasteiger partial charge in [0, 0.05) is 25.2 Å². The molecule has 0 aliphatic heterocycles. The lowest BCUT2D eigenvalue weighted by molar-refractivity contribution is -0.923. The van der Waals surface area contributed by atoms with Gasteiger partial charge < -0.3 is 24.6 Å². The summed E-state index contributed by atoms with van der Waals surface area (Å²) in [5, 5.41) is 29.1. The number of nitrogens with zero attached hydrogens (tertiary/aromatic N) is 1. The van der Waals surface area contributed by atoms with E-state index in [0.29, 0.717) is 49.9 Å². The van der Waals surface area contributed by atoms with Gasteiger partial charge in [0.25, 0.3) is 0 Å². The molecular formula is C32H59NO6. The fourth-order valence-corrected chi connectivity index (χ4v) is 5.35. The van der Waals surface area contributed by atoms with Crippen LogP contribution in [0.15, 0.2) is 12.2 Å². The van der Waals surface area contributed by atoms with Crippen LogP contribution in [0.3, 0.4) is 0 Å². The van der Waals surface area contributed by atoms with Crippen molar-refractivity contribution in [1.82, 2.24) is 0 Å². The SMILES string of the molecule is CCCCCCCCCCCCCCCCC/C=C/C[N+](CCCC(=O)[O-])(CCCC(=O)O)CCCC(=O)O. The molecule has 0 aromatic rings. The van der Waals surface area contributed by atoms with Crippen molar-refractivity contribution in [1.29, 1.82) is 0 Å². The summed E-state index contributed by atoms with van der Waals surface area (Å²) in [7, 11) is 0. The highest BCUT2D eigenvalue weighted by molar-refractivity contribution is 5.66. The molecule has 0 saturated heterocycles. The lowest BCUT2D eigenvalue weighted by Gasteiger charge is -2.38. The predicted molar refractivity (Wildman–Crippen MR) is 156 cm³/mol. The monoisotopic (exact) mass is 553 g/mol. The van der Waals surface area contributed by atoms with Crippen molar-refractivity contribution < 1.29 is 34.2 Å². The highest BCUT2D eigenvalue weighted by Crippen LogP contribution is 2.17. The van der Waals surface area contributed by atoms with E-state index in [2.05, 4.69) is 19.1 Å². The topological polar surface area (TPSA) is 115 Å². The zero-order chi connectivity index (χ0) is 29.0. The summed E-state index contributed by atoms with van der Waals surface area (Å²) in [4.78, 5) is 33.0. The van der Waals surface area contributed by atoms with Crippen LogP contribution >= 0.6 is 0 Å². The van der Waals surface area contributed by atoms with Crippen LogP contribution in [0.25, 0.3) is 0 Å². The predicted octanol–water partition coefficient (Wildman–Crippen LogP) is 6.88. The molecule has 39 heavy (non-hydrogen) atoms. The van der Waals surface area contributed by atoms with Gasteiger partial charge in [-0.1, -0.05) is 103 Å². The van der Waals surface area contributed by atoms with Gasteiger partial charge in [-0.3, -0.25) is 9.59 Å². The van der Waals surface area contributed by atoms with E-state index in [0.717, 1.165) is 12.8 Å². The smallest absolute Gasteiger partial charge is 0.303 e. The Morgan fingerprint density at radius 1 is 0.564 bits per heavy atom. The maximum atomic E-state index is 11.0. The number of quaternary nitrogens is 1. The lowest BCUT2D eigenvalue weighted by Crippen LogP contribution is -2.50. The van der Waals surface area contributed by atoms with E-state index in [1.807, 2.05) is 0 Å². The summed E-state index contributed by atoms with van der Waals surface area (Å²) in [6, 6.07) is 0. The molecule has 0 fully saturated rings. The number of hydrogen-bond acceptors (Lipinski definition) is 4. The first kappa shape index (κ1) is 37.1. The van der Waals surface area contributed by atoms with Crippen LogP contribution in [0.5, 0.6) is 0 Å². The number of unbranched alkanes of at least 4 members (excludes halogenated alkanes) is 15. The molecule has 0 atom stereocenters. The van der Waals surface area contributed by atoms with Crippen LogP contribution in [0.1, 0.15) is 148 Å². The molecule has 0 aromatic heterocycles. The second kappa shape index (κ2) is 26.3. The average Bonchev–Trinajstić information content (AvgIpc) is 2.87. The Morgan fingerprint density at radius 2 is 0.949 bits per heavy atom. The van der Waals surface area contributed by atoms with Gasteiger partial charge in [-0.2, -0.15) is 0 Å². The normalized spacial score (nSPS) is 11.8. The molecular weight excluding hydrogens is 494 g/mol. The first-order valence-corrected chi connectivity index (χ1v) is 15.9. The van der Waals surface area contributed by atoms with Crippen molar-refractivity contribution in [3.8, 4) is 0 Å². The fraction of sp³-hybridized carbons (Fsp3) is 0.844. The van der Waals surface area contributed by atoms with E-state index < -0.39 is 17.9 Å². The van der Waals surface area contributed by atoms with Gasteiger partial charge in [0.05, 0.1) is 39.0 Å². The summed E-state index contributed by atoms with van der Waals surface area (Å²) >= 11 is 0. The van der Waals surface area contributed by atoms with Gasteiger partial charge in [-0.15, -0.1) is 0 Å². The number of carbonyl (C=O) groups is 3.